The lowest BCUT2D eigenvalue weighted by molar-refractivity contribution is -0.147. The highest BCUT2D eigenvalue weighted by Crippen LogP contribution is 2.26. The van der Waals surface area contributed by atoms with Crippen LogP contribution in [0.15, 0.2) is 9.72 Å². The molecule has 1 rings (SSSR count). The highest BCUT2D eigenvalue weighted by Gasteiger charge is 2.35. The van der Waals surface area contributed by atoms with E-state index in [1.807, 2.05) is 33.1 Å². The molecule has 0 aliphatic carbocycles. The van der Waals surface area contributed by atoms with Gasteiger partial charge in [0.2, 0.25) is 0 Å². The third kappa shape index (κ3) is 4.26. The van der Waals surface area contributed by atoms with Crippen LogP contribution >= 0.6 is 23.1 Å². The Morgan fingerprint density at radius 1 is 1.67 bits per heavy atom. The van der Waals surface area contributed by atoms with E-state index in [0.717, 1.165) is 10.0 Å². The molecular weight excluding hydrogens is 268 g/mol. The minimum atomic E-state index is -0.687. The van der Waals surface area contributed by atoms with Gasteiger partial charge < -0.3 is 4.74 Å². The largest absolute Gasteiger partial charge is 0.468 e. The number of esters is 1. The van der Waals surface area contributed by atoms with Gasteiger partial charge in [-0.2, -0.15) is 0 Å². The second-order valence-electron chi connectivity index (χ2n) is 4.67. The Bertz CT molecular complexity index is 407. The van der Waals surface area contributed by atoms with Gasteiger partial charge in [-0.3, -0.25) is 10.1 Å². The predicted molar refractivity (Wildman–Crippen MR) is 76.3 cm³/mol. The Morgan fingerprint density at radius 2 is 2.33 bits per heavy atom. The summed E-state index contributed by atoms with van der Waals surface area (Å²) in [6.45, 7) is 7.86. The summed E-state index contributed by atoms with van der Waals surface area (Å²) >= 11 is 3.18. The number of hydrogen-bond acceptors (Lipinski definition) is 6. The first-order valence-electron chi connectivity index (χ1n) is 5.78. The molecule has 1 aromatic rings. The summed E-state index contributed by atoms with van der Waals surface area (Å²) < 4.78 is 5.86. The zero-order valence-corrected chi connectivity index (χ0v) is 13.1. The molecule has 0 aliphatic rings. The predicted octanol–water partition coefficient (Wildman–Crippen LogP) is 2.47. The molecule has 0 fully saturated rings. The molecule has 18 heavy (non-hydrogen) atoms. The minimum absolute atomic E-state index is 0.215. The number of thiazole rings is 1. The fourth-order valence-electron chi connectivity index (χ4n) is 1.63. The average molecular weight is 288 g/mol. The van der Waals surface area contributed by atoms with Crippen LogP contribution in [0.5, 0.6) is 0 Å². The monoisotopic (exact) mass is 288 g/mol. The Labute approximate surface area is 117 Å². The van der Waals surface area contributed by atoms with Crippen LogP contribution in [0.2, 0.25) is 0 Å². The summed E-state index contributed by atoms with van der Waals surface area (Å²) in [6.07, 6.45) is 0. The first kappa shape index (κ1) is 15.5. The van der Waals surface area contributed by atoms with Crippen molar-refractivity contribution in [2.75, 3.05) is 12.9 Å². The van der Waals surface area contributed by atoms with Crippen LogP contribution in [0.3, 0.4) is 0 Å². The summed E-state index contributed by atoms with van der Waals surface area (Å²) in [6, 6.07) is 0.215. The number of nitrogens with one attached hydrogen (secondary N) is 1. The van der Waals surface area contributed by atoms with Crippen molar-refractivity contribution < 1.29 is 9.53 Å². The van der Waals surface area contributed by atoms with Gasteiger partial charge in [0, 0.05) is 22.9 Å². The van der Waals surface area contributed by atoms with Gasteiger partial charge in [-0.1, -0.05) is 11.8 Å². The van der Waals surface area contributed by atoms with E-state index >= 15 is 0 Å². The number of rotatable bonds is 6. The van der Waals surface area contributed by atoms with Crippen molar-refractivity contribution in [3.05, 3.63) is 11.1 Å². The van der Waals surface area contributed by atoms with E-state index in [1.165, 1.54) is 7.11 Å². The number of thioether (sulfide) groups is 1. The molecule has 1 N–H and O–H groups in total. The number of hydrogen-bond donors (Lipinski definition) is 1. The molecule has 0 radical (unpaired) electrons. The van der Waals surface area contributed by atoms with Crippen molar-refractivity contribution in [2.24, 2.45) is 0 Å². The lowest BCUT2D eigenvalue weighted by Gasteiger charge is -2.29. The zero-order chi connectivity index (χ0) is 13.8. The molecule has 0 spiro atoms. The third-order valence-electron chi connectivity index (χ3n) is 2.33. The number of aryl methyl sites for hydroxylation is 1. The second-order valence-corrected chi connectivity index (χ2v) is 6.75. The van der Waals surface area contributed by atoms with Gasteiger partial charge in [-0.15, -0.1) is 11.3 Å². The van der Waals surface area contributed by atoms with Gasteiger partial charge in [-0.25, -0.2) is 4.98 Å². The molecule has 102 valence electrons. The van der Waals surface area contributed by atoms with Crippen molar-refractivity contribution >= 4 is 29.1 Å². The number of ether oxygens (including phenoxy) is 1. The van der Waals surface area contributed by atoms with Crippen molar-refractivity contribution in [3.8, 4) is 0 Å². The molecule has 1 aromatic heterocycles. The molecule has 0 saturated heterocycles. The Kier molecular flexibility index (Phi) is 5.62. The van der Waals surface area contributed by atoms with E-state index in [4.69, 9.17) is 4.74 Å². The van der Waals surface area contributed by atoms with Crippen molar-refractivity contribution in [3.63, 3.8) is 0 Å². The van der Waals surface area contributed by atoms with Gasteiger partial charge in [0.25, 0.3) is 0 Å². The normalized spacial score (nSPS) is 14.6. The Morgan fingerprint density at radius 3 is 2.78 bits per heavy atom. The van der Waals surface area contributed by atoms with Gasteiger partial charge in [0.05, 0.1) is 7.11 Å². The summed E-state index contributed by atoms with van der Waals surface area (Å²) in [5, 5.41) is 5.27. The number of methoxy groups -OCH3 is 1. The highest BCUT2D eigenvalue weighted by atomic mass is 32.2. The fourth-order valence-corrected chi connectivity index (χ4v) is 3.56. The lowest BCUT2D eigenvalue weighted by atomic mass is 10.0. The van der Waals surface area contributed by atoms with Gasteiger partial charge >= 0.3 is 5.97 Å². The first-order chi connectivity index (χ1) is 8.37. The molecule has 0 aromatic carbocycles. The van der Waals surface area contributed by atoms with E-state index in [0.29, 0.717) is 5.75 Å². The van der Waals surface area contributed by atoms with E-state index in [-0.39, 0.29) is 12.0 Å². The molecule has 4 nitrogen and oxygen atoms in total. The van der Waals surface area contributed by atoms with Gasteiger partial charge in [0.15, 0.2) is 0 Å². The molecule has 1 heterocycles. The third-order valence-corrected chi connectivity index (χ3v) is 4.78. The molecule has 0 bridgehead atoms. The average Bonchev–Trinajstić information content (AvgIpc) is 2.70. The smallest absolute Gasteiger partial charge is 0.326 e. The molecule has 0 aliphatic heterocycles. The van der Waals surface area contributed by atoms with Gasteiger partial charge in [0.1, 0.15) is 9.88 Å². The highest BCUT2D eigenvalue weighted by molar-refractivity contribution is 8.01. The number of carbonyl (C=O) groups is 1. The topological polar surface area (TPSA) is 51.2 Å². The first-order valence-corrected chi connectivity index (χ1v) is 7.65. The summed E-state index contributed by atoms with van der Waals surface area (Å²) in [5.74, 6) is 0.363. The molecule has 0 saturated carbocycles. The second kappa shape index (κ2) is 6.54. The van der Waals surface area contributed by atoms with Gasteiger partial charge in [-0.05, 0) is 27.7 Å². The SMILES string of the molecule is COC(=O)C(C)(CSc1nc(C)cs1)NC(C)C. The fraction of sp³-hybridized carbons (Fsp3) is 0.667. The quantitative estimate of drug-likeness (QED) is 0.644. The minimum Gasteiger partial charge on any atom is -0.468 e. The summed E-state index contributed by atoms with van der Waals surface area (Å²) in [5.41, 5.74) is 0.326. The van der Waals surface area contributed by atoms with Crippen LogP contribution in [-0.4, -0.2) is 35.4 Å². The van der Waals surface area contributed by atoms with Crippen molar-refractivity contribution in [1.82, 2.24) is 10.3 Å². The maximum atomic E-state index is 11.9. The molecular formula is C12H20N2O2S2. The Balaban J connectivity index is 2.69. The summed E-state index contributed by atoms with van der Waals surface area (Å²) in [7, 11) is 1.42. The maximum Gasteiger partial charge on any atom is 0.326 e. The number of nitrogens with zero attached hydrogens (tertiary/aromatic N) is 1. The molecule has 0 amide bonds. The number of aromatic nitrogens is 1. The van der Waals surface area contributed by atoms with Crippen LogP contribution in [-0.2, 0) is 9.53 Å². The van der Waals surface area contributed by atoms with E-state index in [1.54, 1.807) is 23.1 Å². The lowest BCUT2D eigenvalue weighted by Crippen LogP contribution is -2.54. The molecule has 1 unspecified atom stereocenters. The van der Waals surface area contributed by atoms with Crippen LogP contribution in [0.1, 0.15) is 26.5 Å². The van der Waals surface area contributed by atoms with Crippen molar-refractivity contribution in [2.45, 2.75) is 43.6 Å². The van der Waals surface area contributed by atoms with Crippen LogP contribution in [0.25, 0.3) is 0 Å². The van der Waals surface area contributed by atoms with E-state index in [9.17, 15) is 4.79 Å². The summed E-state index contributed by atoms with van der Waals surface area (Å²) in [4.78, 5) is 16.3. The van der Waals surface area contributed by atoms with Crippen LogP contribution < -0.4 is 5.32 Å². The number of carbonyl (C=O) groups excluding carboxylic acids is 1. The maximum absolute atomic E-state index is 11.9. The Hall–Kier alpha value is -0.590. The van der Waals surface area contributed by atoms with Crippen molar-refractivity contribution in [1.29, 1.82) is 0 Å². The van der Waals surface area contributed by atoms with E-state index in [2.05, 4.69) is 10.3 Å². The molecule has 1 atom stereocenters. The standard InChI is InChI=1S/C12H20N2O2S2/c1-8(2)14-12(4,10(15)16-5)7-18-11-13-9(3)6-17-11/h6,8,14H,7H2,1-5H3. The zero-order valence-electron chi connectivity index (χ0n) is 11.4. The van der Waals surface area contributed by atoms with E-state index < -0.39 is 5.54 Å². The van der Waals surface area contributed by atoms with Crippen LogP contribution in [0, 0.1) is 6.92 Å². The van der Waals surface area contributed by atoms with Crippen LogP contribution in [0.4, 0.5) is 0 Å². The molecule has 6 heteroatoms.